The van der Waals surface area contributed by atoms with Crippen LogP contribution < -0.4 is 10.2 Å². The van der Waals surface area contributed by atoms with Gasteiger partial charge in [-0.25, -0.2) is 18.4 Å². The molecule has 1 aliphatic rings. The number of hydrogen-bond acceptors (Lipinski definition) is 7. The second-order valence-electron chi connectivity index (χ2n) is 7.96. The number of nitrogens with one attached hydrogen (secondary N) is 2. The highest BCUT2D eigenvalue weighted by Crippen LogP contribution is 2.37. The summed E-state index contributed by atoms with van der Waals surface area (Å²) in [5.74, 6) is 0.267. The first-order valence-corrected chi connectivity index (χ1v) is 12.1. The smallest absolute Gasteiger partial charge is 0.370 e. The Morgan fingerprint density at radius 1 is 1.25 bits per heavy atom. The van der Waals surface area contributed by atoms with E-state index in [-0.39, 0.29) is 17.6 Å². The van der Waals surface area contributed by atoms with Crippen molar-refractivity contribution in [3.05, 3.63) is 41.6 Å². The molecule has 0 unspecified atom stereocenters. The van der Waals surface area contributed by atoms with Gasteiger partial charge in [-0.1, -0.05) is 0 Å². The molecule has 0 amide bonds. The van der Waals surface area contributed by atoms with Crippen molar-refractivity contribution in [2.24, 2.45) is 0 Å². The molecule has 0 bridgehead atoms. The fourth-order valence-corrected chi connectivity index (χ4v) is 4.28. The number of aromatic amines is 1. The zero-order valence-corrected chi connectivity index (χ0v) is 18.8. The van der Waals surface area contributed by atoms with Gasteiger partial charge in [-0.05, 0) is 44.3 Å². The number of pyridine rings is 2. The number of alkyl halides is 2. The molecule has 4 rings (SSSR count). The van der Waals surface area contributed by atoms with Crippen molar-refractivity contribution < 1.29 is 21.9 Å². The molecular formula is C21H25F2N5O3S. The first-order chi connectivity index (χ1) is 15.1. The van der Waals surface area contributed by atoms with E-state index in [0.717, 1.165) is 23.3 Å². The van der Waals surface area contributed by atoms with Crippen LogP contribution in [0, 0.1) is 0 Å². The maximum absolute atomic E-state index is 14.9. The average Bonchev–Trinajstić information content (AvgIpc) is 3.15. The van der Waals surface area contributed by atoms with Crippen LogP contribution in [0.25, 0.3) is 22.4 Å². The molecule has 0 aromatic carbocycles. The molecule has 4 heterocycles. The lowest BCUT2D eigenvalue weighted by Crippen LogP contribution is -2.44. The zero-order chi connectivity index (χ0) is 23.1. The molecule has 1 aliphatic heterocycles. The van der Waals surface area contributed by atoms with Gasteiger partial charge in [0.15, 0.2) is 0 Å². The minimum Gasteiger partial charge on any atom is -0.377 e. The van der Waals surface area contributed by atoms with E-state index in [4.69, 9.17) is 4.74 Å². The van der Waals surface area contributed by atoms with E-state index in [1.54, 1.807) is 12.1 Å². The number of aromatic nitrogens is 3. The van der Waals surface area contributed by atoms with Crippen molar-refractivity contribution >= 4 is 26.7 Å². The summed E-state index contributed by atoms with van der Waals surface area (Å²) in [5.41, 5.74) is 2.32. The Balaban J connectivity index is 1.86. The lowest BCUT2D eigenvalue weighted by atomic mass is 10.1. The maximum Gasteiger partial charge on any atom is 0.370 e. The van der Waals surface area contributed by atoms with E-state index < -0.39 is 20.7 Å². The Kier molecular flexibility index (Phi) is 5.91. The molecule has 172 valence electrons. The summed E-state index contributed by atoms with van der Waals surface area (Å²) in [4.78, 5) is 14.2. The van der Waals surface area contributed by atoms with Crippen molar-refractivity contribution in [1.82, 2.24) is 20.3 Å². The van der Waals surface area contributed by atoms with Gasteiger partial charge in [0, 0.05) is 30.6 Å². The van der Waals surface area contributed by atoms with Gasteiger partial charge in [0.2, 0.25) is 9.84 Å². The number of anilines is 1. The molecule has 3 aromatic heterocycles. The molecule has 11 heteroatoms. The SMILES string of the molecule is CNCc1cc2nc(-c3cc(C(F)(F)S(C)(=O)=O)cc(N4CCOC[C@@H]4C)n3)ccc2[nH]1. The lowest BCUT2D eigenvalue weighted by molar-refractivity contribution is 0.0908. The van der Waals surface area contributed by atoms with Crippen LogP contribution in [-0.4, -0.2) is 62.5 Å². The van der Waals surface area contributed by atoms with Crippen LogP contribution in [0.5, 0.6) is 0 Å². The van der Waals surface area contributed by atoms with E-state index in [1.807, 2.05) is 24.9 Å². The van der Waals surface area contributed by atoms with Crippen LogP contribution in [-0.2, 0) is 26.4 Å². The standard InChI is InChI=1S/C21H25F2N5O3S/c1-13-12-31-7-6-28(13)20-9-14(21(22,23)32(3,29)30)8-18(27-20)17-5-4-16-19(26-17)10-15(25-16)11-24-2/h4-5,8-10,13,24-25H,6-7,11-12H2,1-3H3/t13-/m0/s1. The molecule has 0 radical (unpaired) electrons. The highest BCUT2D eigenvalue weighted by atomic mass is 32.2. The Morgan fingerprint density at radius 3 is 2.72 bits per heavy atom. The molecule has 0 saturated carbocycles. The summed E-state index contributed by atoms with van der Waals surface area (Å²) in [6.07, 6.45) is 0.525. The quantitative estimate of drug-likeness (QED) is 0.577. The molecule has 1 saturated heterocycles. The Labute approximate surface area is 184 Å². The van der Waals surface area contributed by atoms with Gasteiger partial charge >= 0.3 is 5.25 Å². The predicted octanol–water partition coefficient (Wildman–Crippen LogP) is 2.66. The van der Waals surface area contributed by atoms with Crippen molar-refractivity contribution in [2.45, 2.75) is 24.8 Å². The molecular weight excluding hydrogens is 440 g/mol. The molecule has 0 spiro atoms. The van der Waals surface area contributed by atoms with Gasteiger partial charge in [-0.15, -0.1) is 0 Å². The third-order valence-corrected chi connectivity index (χ3v) is 6.60. The van der Waals surface area contributed by atoms with E-state index in [9.17, 15) is 17.2 Å². The number of ether oxygens (including phenoxy) is 1. The summed E-state index contributed by atoms with van der Waals surface area (Å²) in [5, 5.41) is -1.01. The first-order valence-electron chi connectivity index (χ1n) is 10.2. The van der Waals surface area contributed by atoms with Gasteiger partial charge in [-0.3, -0.25) is 0 Å². The van der Waals surface area contributed by atoms with Crippen LogP contribution in [0.1, 0.15) is 18.2 Å². The van der Waals surface area contributed by atoms with Crippen molar-refractivity contribution in [1.29, 1.82) is 0 Å². The number of halogens is 2. The highest BCUT2D eigenvalue weighted by molar-refractivity contribution is 7.91. The summed E-state index contributed by atoms with van der Waals surface area (Å²) < 4.78 is 58.9. The fraction of sp³-hybridized carbons (Fsp3) is 0.429. The predicted molar refractivity (Wildman–Crippen MR) is 118 cm³/mol. The Morgan fingerprint density at radius 2 is 2.03 bits per heavy atom. The number of H-pyrrole nitrogens is 1. The van der Waals surface area contributed by atoms with E-state index in [1.165, 1.54) is 0 Å². The minimum absolute atomic E-state index is 0.101. The first kappa shape index (κ1) is 22.6. The molecule has 32 heavy (non-hydrogen) atoms. The monoisotopic (exact) mass is 465 g/mol. The third-order valence-electron chi connectivity index (χ3n) is 5.44. The van der Waals surface area contributed by atoms with Crippen molar-refractivity contribution in [3.63, 3.8) is 0 Å². The summed E-state index contributed by atoms with van der Waals surface area (Å²) >= 11 is 0. The van der Waals surface area contributed by atoms with Crippen LogP contribution in [0.4, 0.5) is 14.6 Å². The molecule has 1 fully saturated rings. The second kappa shape index (κ2) is 8.38. The normalized spacial score (nSPS) is 17.8. The number of sulfone groups is 1. The number of fused-ring (bicyclic) bond motifs is 1. The second-order valence-corrected chi connectivity index (χ2v) is 10.0. The molecule has 8 nitrogen and oxygen atoms in total. The van der Waals surface area contributed by atoms with E-state index in [2.05, 4.69) is 20.3 Å². The summed E-state index contributed by atoms with van der Waals surface area (Å²) in [6.45, 7) is 3.83. The topological polar surface area (TPSA) is 100 Å². The van der Waals surface area contributed by atoms with Crippen LogP contribution >= 0.6 is 0 Å². The van der Waals surface area contributed by atoms with Crippen LogP contribution in [0.2, 0.25) is 0 Å². The number of morpholine rings is 1. The van der Waals surface area contributed by atoms with Crippen molar-refractivity contribution in [3.8, 4) is 11.4 Å². The zero-order valence-electron chi connectivity index (χ0n) is 18.0. The summed E-state index contributed by atoms with van der Waals surface area (Å²) in [6, 6.07) is 7.50. The molecule has 3 aromatic rings. The Hall–Kier alpha value is -2.63. The minimum atomic E-state index is -4.69. The maximum atomic E-state index is 14.9. The van der Waals surface area contributed by atoms with Gasteiger partial charge in [0.1, 0.15) is 5.82 Å². The van der Waals surface area contributed by atoms with Gasteiger partial charge in [0.25, 0.3) is 0 Å². The van der Waals surface area contributed by atoms with Gasteiger partial charge < -0.3 is 19.9 Å². The average molecular weight is 466 g/mol. The van der Waals surface area contributed by atoms with Gasteiger partial charge in [0.05, 0.1) is 41.7 Å². The number of nitrogens with zero attached hydrogens (tertiary/aromatic N) is 3. The third kappa shape index (κ3) is 4.19. The van der Waals surface area contributed by atoms with E-state index in [0.29, 0.717) is 43.8 Å². The van der Waals surface area contributed by atoms with Crippen LogP contribution in [0.15, 0.2) is 30.3 Å². The summed E-state index contributed by atoms with van der Waals surface area (Å²) in [7, 11) is -2.86. The molecule has 0 aliphatic carbocycles. The highest BCUT2D eigenvalue weighted by Gasteiger charge is 2.44. The molecule has 2 N–H and O–H groups in total. The van der Waals surface area contributed by atoms with E-state index >= 15 is 0 Å². The largest absolute Gasteiger partial charge is 0.377 e. The molecule has 1 atom stereocenters. The van der Waals surface area contributed by atoms with Crippen LogP contribution in [0.3, 0.4) is 0 Å². The van der Waals surface area contributed by atoms with Crippen molar-refractivity contribution in [2.75, 3.05) is 38.0 Å². The fourth-order valence-electron chi connectivity index (χ4n) is 3.74. The van der Waals surface area contributed by atoms with Gasteiger partial charge in [-0.2, -0.15) is 8.78 Å². The number of hydrogen-bond donors (Lipinski definition) is 2. The Bertz CT molecular complexity index is 1250. The lowest BCUT2D eigenvalue weighted by Gasteiger charge is -2.35. The number of rotatable bonds is 6.